The van der Waals surface area contributed by atoms with E-state index in [2.05, 4.69) is 12.2 Å². The van der Waals surface area contributed by atoms with Gasteiger partial charge in [-0.2, -0.15) is 0 Å². The number of aryl methyl sites for hydroxylation is 1. The molecule has 116 valence electrons. The van der Waals surface area contributed by atoms with Gasteiger partial charge < -0.3 is 15.3 Å². The number of aromatic hydroxyl groups is 2. The van der Waals surface area contributed by atoms with Gasteiger partial charge in [0.05, 0.1) is 6.10 Å². The fraction of sp³-hybridized carbons (Fsp3) is 0.263. The number of hydrogen-bond acceptors (Lipinski definition) is 3. The van der Waals surface area contributed by atoms with Crippen molar-refractivity contribution in [1.82, 2.24) is 0 Å². The van der Waals surface area contributed by atoms with Crippen LogP contribution in [-0.4, -0.2) is 21.4 Å². The number of allylic oxidation sites excluding steroid dienone is 1. The third kappa shape index (κ3) is 5.26. The maximum atomic E-state index is 9.99. The third-order valence-corrected chi connectivity index (χ3v) is 3.58. The van der Waals surface area contributed by atoms with Gasteiger partial charge in [-0.3, -0.25) is 0 Å². The zero-order valence-electron chi connectivity index (χ0n) is 12.5. The summed E-state index contributed by atoms with van der Waals surface area (Å²) >= 11 is 0. The van der Waals surface area contributed by atoms with Gasteiger partial charge >= 0.3 is 0 Å². The summed E-state index contributed by atoms with van der Waals surface area (Å²) in [6, 6.07) is 14.9. The molecule has 0 fully saturated rings. The molecule has 0 aliphatic rings. The second-order valence-electron chi connectivity index (χ2n) is 5.41. The Labute approximate surface area is 131 Å². The molecule has 3 nitrogen and oxygen atoms in total. The average molecular weight is 298 g/mol. The first-order valence-electron chi connectivity index (χ1n) is 7.55. The lowest BCUT2D eigenvalue weighted by Crippen LogP contribution is -2.07. The highest BCUT2D eigenvalue weighted by molar-refractivity contribution is 5.48. The Kier molecular flexibility index (Phi) is 6.04. The quantitative estimate of drug-likeness (QED) is 0.680. The van der Waals surface area contributed by atoms with E-state index < -0.39 is 0 Å². The predicted octanol–water partition coefficient (Wildman–Crippen LogP) is 3.88. The molecule has 0 aliphatic heterocycles. The lowest BCUT2D eigenvalue weighted by atomic mass is 10.0. The zero-order chi connectivity index (χ0) is 15.8. The normalized spacial score (nSPS) is 12.6. The molecule has 22 heavy (non-hydrogen) atoms. The molecule has 3 N–H and O–H groups in total. The van der Waals surface area contributed by atoms with E-state index in [1.54, 1.807) is 6.07 Å². The fourth-order valence-corrected chi connectivity index (χ4v) is 2.27. The van der Waals surface area contributed by atoms with Crippen LogP contribution in [0, 0.1) is 0 Å². The van der Waals surface area contributed by atoms with E-state index in [9.17, 15) is 15.3 Å². The largest absolute Gasteiger partial charge is 0.504 e. The Hall–Kier alpha value is -2.26. The van der Waals surface area contributed by atoms with Crippen molar-refractivity contribution in [3.05, 3.63) is 65.7 Å². The fourth-order valence-electron chi connectivity index (χ4n) is 2.27. The first-order valence-corrected chi connectivity index (χ1v) is 7.55. The molecule has 1 atom stereocenters. The van der Waals surface area contributed by atoms with E-state index in [-0.39, 0.29) is 17.6 Å². The molecule has 0 spiro atoms. The molecule has 0 aliphatic carbocycles. The third-order valence-electron chi connectivity index (χ3n) is 3.58. The summed E-state index contributed by atoms with van der Waals surface area (Å²) in [6.45, 7) is 0. The minimum absolute atomic E-state index is 0.113. The summed E-state index contributed by atoms with van der Waals surface area (Å²) in [6.07, 6.45) is 6.64. The SMILES string of the molecule is Oc1ccc(CC[C@H](O)CCC=Cc2ccccc2)cc1O. The van der Waals surface area contributed by atoms with Crippen molar-refractivity contribution in [3.63, 3.8) is 0 Å². The first kappa shape index (κ1) is 16.1. The van der Waals surface area contributed by atoms with Gasteiger partial charge in [-0.1, -0.05) is 48.6 Å². The second-order valence-corrected chi connectivity index (χ2v) is 5.41. The molecular weight excluding hydrogens is 276 g/mol. The highest BCUT2D eigenvalue weighted by atomic mass is 16.3. The molecule has 2 aromatic carbocycles. The van der Waals surface area contributed by atoms with Gasteiger partial charge in [-0.25, -0.2) is 0 Å². The van der Waals surface area contributed by atoms with E-state index in [1.807, 2.05) is 30.3 Å². The molecule has 0 saturated carbocycles. The smallest absolute Gasteiger partial charge is 0.157 e. The monoisotopic (exact) mass is 298 g/mol. The van der Waals surface area contributed by atoms with Gasteiger partial charge in [-0.05, 0) is 48.9 Å². The zero-order valence-corrected chi connectivity index (χ0v) is 12.5. The van der Waals surface area contributed by atoms with Crippen LogP contribution in [0.25, 0.3) is 6.08 Å². The van der Waals surface area contributed by atoms with Crippen LogP contribution >= 0.6 is 0 Å². The number of phenolic OH excluding ortho intramolecular Hbond substituents is 2. The van der Waals surface area contributed by atoms with Crippen molar-refractivity contribution in [2.75, 3.05) is 0 Å². The van der Waals surface area contributed by atoms with Gasteiger partial charge in [0, 0.05) is 0 Å². The van der Waals surface area contributed by atoms with Crippen LogP contribution in [-0.2, 0) is 6.42 Å². The Morgan fingerprint density at radius 2 is 1.68 bits per heavy atom. The highest BCUT2D eigenvalue weighted by Gasteiger charge is 2.05. The molecule has 0 radical (unpaired) electrons. The van der Waals surface area contributed by atoms with Gasteiger partial charge in [0.25, 0.3) is 0 Å². The average Bonchev–Trinajstić information content (AvgIpc) is 2.54. The standard InChI is InChI=1S/C19H22O3/c20-17(9-5-4-8-15-6-2-1-3-7-15)12-10-16-11-13-18(21)19(22)14-16/h1-4,6-8,11,13-14,17,20-22H,5,9-10,12H2/t17-/m1/s1. The summed E-state index contributed by atoms with van der Waals surface area (Å²) < 4.78 is 0. The van der Waals surface area contributed by atoms with Crippen molar-refractivity contribution in [2.24, 2.45) is 0 Å². The molecule has 0 aromatic heterocycles. The number of benzene rings is 2. The van der Waals surface area contributed by atoms with Crippen molar-refractivity contribution < 1.29 is 15.3 Å². The summed E-state index contributed by atoms with van der Waals surface area (Å²) in [4.78, 5) is 0. The van der Waals surface area contributed by atoms with E-state index in [4.69, 9.17) is 0 Å². The summed E-state index contributed by atoms with van der Waals surface area (Å²) in [5.41, 5.74) is 2.07. The topological polar surface area (TPSA) is 60.7 Å². The van der Waals surface area contributed by atoms with E-state index in [1.165, 1.54) is 12.1 Å². The molecule has 2 aromatic rings. The number of phenols is 2. The van der Waals surface area contributed by atoms with Crippen LogP contribution in [0.3, 0.4) is 0 Å². The van der Waals surface area contributed by atoms with Crippen LogP contribution in [0.15, 0.2) is 54.6 Å². The van der Waals surface area contributed by atoms with Crippen LogP contribution < -0.4 is 0 Å². The predicted molar refractivity (Wildman–Crippen MR) is 88.8 cm³/mol. The van der Waals surface area contributed by atoms with Gasteiger partial charge in [-0.15, -0.1) is 0 Å². The number of aliphatic hydroxyl groups excluding tert-OH is 1. The lowest BCUT2D eigenvalue weighted by molar-refractivity contribution is 0.156. The summed E-state index contributed by atoms with van der Waals surface area (Å²) in [5.74, 6) is -0.229. The molecule has 3 heteroatoms. The Morgan fingerprint density at radius 1 is 0.909 bits per heavy atom. The Morgan fingerprint density at radius 3 is 2.41 bits per heavy atom. The minimum Gasteiger partial charge on any atom is -0.504 e. The van der Waals surface area contributed by atoms with E-state index in [0.29, 0.717) is 19.3 Å². The first-order chi connectivity index (χ1) is 10.6. The molecule has 0 unspecified atom stereocenters. The van der Waals surface area contributed by atoms with E-state index in [0.717, 1.165) is 17.5 Å². The number of hydrogen-bond donors (Lipinski definition) is 3. The summed E-state index contributed by atoms with van der Waals surface area (Å²) in [7, 11) is 0. The second kappa shape index (κ2) is 8.25. The molecule has 0 saturated heterocycles. The minimum atomic E-state index is -0.364. The number of aliphatic hydroxyl groups is 1. The van der Waals surface area contributed by atoms with Crippen LogP contribution in [0.5, 0.6) is 11.5 Å². The van der Waals surface area contributed by atoms with Gasteiger partial charge in [0.1, 0.15) is 0 Å². The molecular formula is C19H22O3. The highest BCUT2D eigenvalue weighted by Crippen LogP contribution is 2.25. The molecule has 0 heterocycles. The van der Waals surface area contributed by atoms with Crippen molar-refractivity contribution in [2.45, 2.75) is 31.8 Å². The Balaban J connectivity index is 1.70. The molecule has 0 bridgehead atoms. The van der Waals surface area contributed by atoms with Crippen LogP contribution in [0.2, 0.25) is 0 Å². The lowest BCUT2D eigenvalue weighted by Gasteiger charge is -2.09. The van der Waals surface area contributed by atoms with Crippen LogP contribution in [0.4, 0.5) is 0 Å². The van der Waals surface area contributed by atoms with Crippen molar-refractivity contribution in [3.8, 4) is 11.5 Å². The maximum Gasteiger partial charge on any atom is 0.157 e. The summed E-state index contributed by atoms with van der Waals surface area (Å²) in [5, 5.41) is 28.7. The number of rotatable bonds is 7. The van der Waals surface area contributed by atoms with E-state index >= 15 is 0 Å². The van der Waals surface area contributed by atoms with Gasteiger partial charge in [0.15, 0.2) is 11.5 Å². The Bertz CT molecular complexity index is 605. The molecule has 2 rings (SSSR count). The van der Waals surface area contributed by atoms with Crippen LogP contribution in [0.1, 0.15) is 30.4 Å². The maximum absolute atomic E-state index is 9.99. The van der Waals surface area contributed by atoms with Crippen molar-refractivity contribution in [1.29, 1.82) is 0 Å². The molecule has 0 amide bonds. The van der Waals surface area contributed by atoms with Crippen molar-refractivity contribution >= 4 is 6.08 Å². The van der Waals surface area contributed by atoms with Gasteiger partial charge in [0.2, 0.25) is 0 Å².